The SMILES string of the molecule is OCCCN1CCC(=C2c3ccccc3Oc3ccc(Cl)cc32)CC1. The van der Waals surface area contributed by atoms with Gasteiger partial charge in [0.25, 0.3) is 0 Å². The van der Waals surface area contributed by atoms with Crippen molar-refractivity contribution in [3.05, 3.63) is 64.2 Å². The van der Waals surface area contributed by atoms with Crippen LogP contribution in [0.15, 0.2) is 48.0 Å². The maximum Gasteiger partial charge on any atom is 0.135 e. The van der Waals surface area contributed by atoms with Gasteiger partial charge in [0, 0.05) is 42.4 Å². The molecule has 0 atom stereocenters. The summed E-state index contributed by atoms with van der Waals surface area (Å²) in [6.45, 7) is 3.32. The Morgan fingerprint density at radius 2 is 1.76 bits per heavy atom. The van der Waals surface area contributed by atoms with Crippen molar-refractivity contribution >= 4 is 17.2 Å². The highest BCUT2D eigenvalue weighted by molar-refractivity contribution is 6.30. The van der Waals surface area contributed by atoms with Gasteiger partial charge in [-0.2, -0.15) is 0 Å². The summed E-state index contributed by atoms with van der Waals surface area (Å²) in [4.78, 5) is 2.43. The Hall–Kier alpha value is -1.81. The van der Waals surface area contributed by atoms with Gasteiger partial charge >= 0.3 is 0 Å². The molecule has 4 rings (SSSR count). The number of nitrogens with zero attached hydrogens (tertiary/aromatic N) is 1. The predicted molar refractivity (Wildman–Crippen MR) is 101 cm³/mol. The molecule has 2 aliphatic heterocycles. The summed E-state index contributed by atoms with van der Waals surface area (Å²) in [5, 5.41) is 9.77. The van der Waals surface area contributed by atoms with E-state index < -0.39 is 0 Å². The molecule has 0 bridgehead atoms. The molecule has 0 radical (unpaired) electrons. The second-order valence-corrected chi connectivity index (χ2v) is 7.07. The number of benzene rings is 2. The Kier molecular flexibility index (Phi) is 4.80. The molecule has 25 heavy (non-hydrogen) atoms. The normalized spacial score (nSPS) is 17.0. The Morgan fingerprint density at radius 1 is 1.00 bits per heavy atom. The predicted octanol–water partition coefficient (Wildman–Crippen LogP) is 4.73. The number of piperidine rings is 1. The van der Waals surface area contributed by atoms with Gasteiger partial charge in [0.05, 0.1) is 0 Å². The minimum atomic E-state index is 0.265. The van der Waals surface area contributed by atoms with E-state index in [1.165, 1.54) is 11.1 Å². The molecule has 4 heteroatoms. The maximum absolute atomic E-state index is 9.03. The number of ether oxygens (including phenoxy) is 1. The number of halogens is 1. The minimum Gasteiger partial charge on any atom is -0.456 e. The van der Waals surface area contributed by atoms with Crippen molar-refractivity contribution in [2.45, 2.75) is 19.3 Å². The average Bonchev–Trinajstić information content (AvgIpc) is 2.65. The molecule has 2 aliphatic rings. The first-order chi connectivity index (χ1) is 12.3. The standard InChI is InChI=1S/C21H22ClNO2/c22-16-6-7-20-18(14-16)21(17-4-1-2-5-19(17)25-20)15-8-11-23(12-9-15)10-3-13-24/h1-2,4-7,14,24H,3,8-13H2. The molecule has 2 aromatic rings. The van der Waals surface area contributed by atoms with Crippen LogP contribution in [0, 0.1) is 0 Å². The van der Waals surface area contributed by atoms with Crippen molar-refractivity contribution in [2.24, 2.45) is 0 Å². The lowest BCUT2D eigenvalue weighted by Crippen LogP contribution is -2.32. The first-order valence-corrected chi connectivity index (χ1v) is 9.26. The Morgan fingerprint density at radius 3 is 2.56 bits per heavy atom. The fraction of sp³-hybridized carbons (Fsp3) is 0.333. The molecule has 1 N–H and O–H groups in total. The number of hydrogen-bond acceptors (Lipinski definition) is 3. The van der Waals surface area contributed by atoms with E-state index in [0.29, 0.717) is 0 Å². The van der Waals surface area contributed by atoms with Crippen LogP contribution >= 0.6 is 11.6 Å². The number of fused-ring (bicyclic) bond motifs is 2. The highest BCUT2D eigenvalue weighted by Gasteiger charge is 2.26. The van der Waals surface area contributed by atoms with Crippen LogP contribution in [0.5, 0.6) is 11.5 Å². The quantitative estimate of drug-likeness (QED) is 0.737. The van der Waals surface area contributed by atoms with E-state index in [2.05, 4.69) is 17.0 Å². The molecule has 130 valence electrons. The Labute approximate surface area is 153 Å². The molecule has 2 aromatic carbocycles. The first kappa shape index (κ1) is 16.6. The number of para-hydroxylation sites is 1. The number of hydrogen-bond donors (Lipinski definition) is 1. The Balaban J connectivity index is 1.73. The molecule has 0 spiro atoms. The summed E-state index contributed by atoms with van der Waals surface area (Å²) in [7, 11) is 0. The number of rotatable bonds is 3. The molecule has 2 heterocycles. The number of likely N-dealkylation sites (tertiary alicyclic amines) is 1. The average molecular weight is 356 g/mol. The van der Waals surface area contributed by atoms with E-state index in [0.717, 1.165) is 66.5 Å². The summed E-state index contributed by atoms with van der Waals surface area (Å²) >= 11 is 6.28. The lowest BCUT2D eigenvalue weighted by Gasteiger charge is -2.32. The molecule has 0 amide bonds. The lowest BCUT2D eigenvalue weighted by molar-refractivity contribution is 0.215. The van der Waals surface area contributed by atoms with Crippen molar-refractivity contribution in [1.29, 1.82) is 0 Å². The van der Waals surface area contributed by atoms with Gasteiger partial charge in [-0.15, -0.1) is 0 Å². The summed E-state index contributed by atoms with van der Waals surface area (Å²) in [5.41, 5.74) is 5.03. The zero-order valence-electron chi connectivity index (χ0n) is 14.2. The molecule has 1 fully saturated rings. The van der Waals surface area contributed by atoms with E-state index in [1.54, 1.807) is 0 Å². The summed E-state index contributed by atoms with van der Waals surface area (Å²) in [6, 6.07) is 14.1. The number of aliphatic hydroxyl groups is 1. The van der Waals surface area contributed by atoms with Gasteiger partial charge in [0.2, 0.25) is 0 Å². The van der Waals surface area contributed by atoms with E-state index in [1.807, 2.05) is 30.3 Å². The molecule has 1 saturated heterocycles. The topological polar surface area (TPSA) is 32.7 Å². The van der Waals surface area contributed by atoms with E-state index >= 15 is 0 Å². The molecule has 0 aromatic heterocycles. The van der Waals surface area contributed by atoms with Crippen molar-refractivity contribution in [2.75, 3.05) is 26.2 Å². The summed E-state index contributed by atoms with van der Waals surface area (Å²) in [6.07, 6.45) is 2.93. The van der Waals surface area contributed by atoms with Crippen LogP contribution in [-0.4, -0.2) is 36.2 Å². The fourth-order valence-electron chi connectivity index (χ4n) is 3.78. The smallest absolute Gasteiger partial charge is 0.135 e. The second-order valence-electron chi connectivity index (χ2n) is 6.64. The van der Waals surface area contributed by atoms with Crippen LogP contribution in [0.4, 0.5) is 0 Å². The van der Waals surface area contributed by atoms with Gasteiger partial charge in [-0.3, -0.25) is 0 Å². The van der Waals surface area contributed by atoms with Gasteiger partial charge < -0.3 is 14.7 Å². The van der Waals surface area contributed by atoms with Crippen LogP contribution in [0.25, 0.3) is 5.57 Å². The van der Waals surface area contributed by atoms with Gasteiger partial charge in [-0.25, -0.2) is 0 Å². The van der Waals surface area contributed by atoms with Gasteiger partial charge in [0.1, 0.15) is 11.5 Å². The van der Waals surface area contributed by atoms with Gasteiger partial charge in [-0.1, -0.05) is 35.4 Å². The highest BCUT2D eigenvalue weighted by Crippen LogP contribution is 2.47. The van der Waals surface area contributed by atoms with Crippen molar-refractivity contribution < 1.29 is 9.84 Å². The molecule has 3 nitrogen and oxygen atoms in total. The van der Waals surface area contributed by atoms with Crippen LogP contribution in [0.2, 0.25) is 5.02 Å². The molecular formula is C21H22ClNO2. The Bertz CT molecular complexity index is 805. The fourth-order valence-corrected chi connectivity index (χ4v) is 3.96. The summed E-state index contributed by atoms with van der Waals surface area (Å²) < 4.78 is 6.10. The first-order valence-electron chi connectivity index (χ1n) is 8.88. The lowest BCUT2D eigenvalue weighted by atomic mass is 9.86. The molecular weight excluding hydrogens is 334 g/mol. The second kappa shape index (κ2) is 7.20. The van der Waals surface area contributed by atoms with E-state index in [9.17, 15) is 0 Å². The highest BCUT2D eigenvalue weighted by atomic mass is 35.5. The minimum absolute atomic E-state index is 0.265. The summed E-state index contributed by atoms with van der Waals surface area (Å²) in [5.74, 6) is 1.80. The van der Waals surface area contributed by atoms with Crippen LogP contribution in [0.1, 0.15) is 30.4 Å². The third-order valence-electron chi connectivity index (χ3n) is 5.03. The zero-order valence-corrected chi connectivity index (χ0v) is 14.9. The van der Waals surface area contributed by atoms with Crippen LogP contribution in [-0.2, 0) is 0 Å². The third-order valence-corrected chi connectivity index (χ3v) is 5.27. The maximum atomic E-state index is 9.03. The van der Waals surface area contributed by atoms with Crippen LogP contribution in [0.3, 0.4) is 0 Å². The molecule has 0 aliphatic carbocycles. The third kappa shape index (κ3) is 3.32. The molecule has 0 saturated carbocycles. The van der Waals surface area contributed by atoms with Crippen LogP contribution < -0.4 is 4.74 Å². The van der Waals surface area contributed by atoms with Crippen molar-refractivity contribution in [3.8, 4) is 11.5 Å². The largest absolute Gasteiger partial charge is 0.456 e. The zero-order chi connectivity index (χ0) is 17.2. The van der Waals surface area contributed by atoms with Gasteiger partial charge in [-0.05, 0) is 49.1 Å². The van der Waals surface area contributed by atoms with E-state index in [-0.39, 0.29) is 6.61 Å². The van der Waals surface area contributed by atoms with Crippen molar-refractivity contribution in [1.82, 2.24) is 4.90 Å². The van der Waals surface area contributed by atoms with Gasteiger partial charge in [0.15, 0.2) is 0 Å². The monoisotopic (exact) mass is 355 g/mol. The van der Waals surface area contributed by atoms with Crippen molar-refractivity contribution in [3.63, 3.8) is 0 Å². The molecule has 0 unspecified atom stereocenters. The van der Waals surface area contributed by atoms with E-state index in [4.69, 9.17) is 21.4 Å². The number of aliphatic hydroxyl groups excluding tert-OH is 1.